The van der Waals surface area contributed by atoms with Crippen LogP contribution in [0.2, 0.25) is 0 Å². The molecular weight excluding hydrogens is 298 g/mol. The molecule has 0 unspecified atom stereocenters. The summed E-state index contributed by atoms with van der Waals surface area (Å²) in [7, 11) is 0. The van der Waals surface area contributed by atoms with Gasteiger partial charge in [-0.25, -0.2) is 9.97 Å². The summed E-state index contributed by atoms with van der Waals surface area (Å²) in [6.45, 7) is 1.49. The molecule has 0 aliphatic rings. The van der Waals surface area contributed by atoms with Crippen molar-refractivity contribution in [1.82, 2.24) is 15.3 Å². The van der Waals surface area contributed by atoms with Gasteiger partial charge in [-0.15, -0.1) is 0 Å². The maximum Gasteiger partial charge on any atom is 0.231 e. The molecular formula is C16H17N3O2S. The van der Waals surface area contributed by atoms with Crippen molar-refractivity contribution in [3.8, 4) is 0 Å². The first kappa shape index (κ1) is 16.2. The van der Waals surface area contributed by atoms with Crippen molar-refractivity contribution in [2.24, 2.45) is 0 Å². The molecule has 5 nitrogen and oxygen atoms in total. The minimum Gasteiger partial charge on any atom is -0.345 e. The van der Waals surface area contributed by atoms with Crippen LogP contribution in [0, 0.1) is 0 Å². The number of thioether (sulfide) groups is 1. The molecule has 1 aromatic carbocycles. The Morgan fingerprint density at radius 1 is 1.14 bits per heavy atom. The van der Waals surface area contributed by atoms with Gasteiger partial charge in [0.1, 0.15) is 0 Å². The smallest absolute Gasteiger partial charge is 0.231 e. The van der Waals surface area contributed by atoms with Crippen LogP contribution >= 0.6 is 11.8 Å². The fourth-order valence-electron chi connectivity index (χ4n) is 1.87. The van der Waals surface area contributed by atoms with Gasteiger partial charge in [-0.3, -0.25) is 9.59 Å². The van der Waals surface area contributed by atoms with Crippen molar-refractivity contribution in [2.75, 3.05) is 5.75 Å². The predicted molar refractivity (Wildman–Crippen MR) is 85.5 cm³/mol. The van der Waals surface area contributed by atoms with E-state index in [9.17, 15) is 9.59 Å². The number of aromatic nitrogens is 2. The van der Waals surface area contributed by atoms with Gasteiger partial charge in [-0.1, -0.05) is 42.1 Å². The van der Waals surface area contributed by atoms with Crippen molar-refractivity contribution >= 4 is 23.5 Å². The maximum absolute atomic E-state index is 12.0. The highest BCUT2D eigenvalue weighted by Crippen LogP contribution is 2.10. The zero-order valence-corrected chi connectivity index (χ0v) is 13.0. The Labute approximate surface area is 133 Å². The van der Waals surface area contributed by atoms with E-state index in [0.717, 1.165) is 5.56 Å². The van der Waals surface area contributed by atoms with Crippen LogP contribution in [0.15, 0.2) is 53.9 Å². The molecule has 22 heavy (non-hydrogen) atoms. The Morgan fingerprint density at radius 2 is 1.82 bits per heavy atom. The number of Topliss-reactive ketones (excluding diaryl/α,β-unsaturated/α-hetero) is 1. The molecule has 1 aromatic heterocycles. The van der Waals surface area contributed by atoms with Crippen LogP contribution in [0.1, 0.15) is 12.5 Å². The molecule has 0 radical (unpaired) electrons. The lowest BCUT2D eigenvalue weighted by Gasteiger charge is -2.15. The summed E-state index contributed by atoms with van der Waals surface area (Å²) in [5.41, 5.74) is 1.02. The van der Waals surface area contributed by atoms with Gasteiger partial charge in [0.05, 0.1) is 11.8 Å². The third-order valence-electron chi connectivity index (χ3n) is 2.98. The quantitative estimate of drug-likeness (QED) is 0.624. The Balaban J connectivity index is 1.88. The molecule has 0 spiro atoms. The van der Waals surface area contributed by atoms with Gasteiger partial charge in [-0.05, 0) is 25.0 Å². The van der Waals surface area contributed by atoms with Gasteiger partial charge in [-0.2, -0.15) is 0 Å². The van der Waals surface area contributed by atoms with E-state index in [2.05, 4.69) is 15.3 Å². The van der Waals surface area contributed by atoms with Crippen LogP contribution < -0.4 is 5.32 Å². The number of nitrogens with one attached hydrogen (secondary N) is 1. The number of benzene rings is 1. The first-order valence-electron chi connectivity index (χ1n) is 6.88. The summed E-state index contributed by atoms with van der Waals surface area (Å²) in [5.74, 6) is -0.0745. The topological polar surface area (TPSA) is 72.0 Å². The molecule has 0 aliphatic heterocycles. The molecule has 0 bridgehead atoms. The molecule has 2 aromatic rings. The molecule has 1 N–H and O–H groups in total. The summed E-state index contributed by atoms with van der Waals surface area (Å²) in [6, 6.07) is 10.8. The molecule has 0 fully saturated rings. The van der Waals surface area contributed by atoms with Crippen molar-refractivity contribution in [3.63, 3.8) is 0 Å². The van der Waals surface area contributed by atoms with E-state index in [4.69, 9.17) is 0 Å². The van der Waals surface area contributed by atoms with Gasteiger partial charge in [0, 0.05) is 12.4 Å². The van der Waals surface area contributed by atoms with Crippen LogP contribution in [0.25, 0.3) is 0 Å². The highest BCUT2D eigenvalue weighted by Gasteiger charge is 2.17. The van der Waals surface area contributed by atoms with Crippen LogP contribution in [0.4, 0.5) is 0 Å². The number of carbonyl (C=O) groups excluding carboxylic acids is 2. The summed E-state index contributed by atoms with van der Waals surface area (Å²) in [5, 5.41) is 3.31. The lowest BCUT2D eigenvalue weighted by atomic mass is 10.0. The number of rotatable bonds is 7. The third-order valence-corrected chi connectivity index (χ3v) is 3.86. The largest absolute Gasteiger partial charge is 0.345 e. The predicted octanol–water partition coefficient (Wildman–Crippen LogP) is 1.89. The first-order valence-corrected chi connectivity index (χ1v) is 7.87. The van der Waals surface area contributed by atoms with E-state index in [1.807, 2.05) is 30.3 Å². The monoisotopic (exact) mass is 315 g/mol. The summed E-state index contributed by atoms with van der Waals surface area (Å²) in [6.07, 6.45) is 3.75. The number of amides is 1. The second-order valence-electron chi connectivity index (χ2n) is 4.74. The molecule has 1 amide bonds. The van der Waals surface area contributed by atoms with Gasteiger partial charge >= 0.3 is 0 Å². The first-order chi connectivity index (χ1) is 10.6. The second-order valence-corrected chi connectivity index (χ2v) is 5.68. The van der Waals surface area contributed by atoms with Crippen molar-refractivity contribution in [2.45, 2.75) is 24.5 Å². The average molecular weight is 315 g/mol. The Bertz CT molecular complexity index is 620. The molecule has 114 valence electrons. The van der Waals surface area contributed by atoms with Crippen molar-refractivity contribution < 1.29 is 9.59 Å². The second kappa shape index (κ2) is 8.29. The standard InChI is InChI=1S/C16H17N3O2S/c1-12(20)14(10-13-6-3-2-4-7-13)19-15(21)11-22-16-17-8-5-9-18-16/h2-9,14H,10-11H2,1H3,(H,19,21)/t14-/m1/s1. The summed E-state index contributed by atoms with van der Waals surface area (Å²) in [4.78, 5) is 31.8. The van der Waals surface area contributed by atoms with E-state index in [1.54, 1.807) is 18.5 Å². The number of nitrogens with zero attached hydrogens (tertiary/aromatic N) is 2. The van der Waals surface area contributed by atoms with Gasteiger partial charge < -0.3 is 5.32 Å². The zero-order chi connectivity index (χ0) is 15.8. The fraction of sp³-hybridized carbons (Fsp3) is 0.250. The highest BCUT2D eigenvalue weighted by atomic mass is 32.2. The van der Waals surface area contributed by atoms with Crippen molar-refractivity contribution in [3.05, 3.63) is 54.4 Å². The fourth-order valence-corrected chi connectivity index (χ4v) is 2.49. The van der Waals surface area contributed by atoms with Crippen LogP contribution in [-0.4, -0.2) is 33.5 Å². The molecule has 2 rings (SSSR count). The summed E-state index contributed by atoms with van der Waals surface area (Å²) >= 11 is 1.24. The molecule has 0 aliphatic carbocycles. The molecule has 1 heterocycles. The third kappa shape index (κ3) is 5.29. The average Bonchev–Trinajstić information content (AvgIpc) is 2.54. The number of hydrogen-bond acceptors (Lipinski definition) is 5. The summed E-state index contributed by atoms with van der Waals surface area (Å²) < 4.78 is 0. The SMILES string of the molecule is CC(=O)[C@@H](Cc1ccccc1)NC(=O)CSc1ncccn1. The normalized spacial score (nSPS) is 11.7. The lowest BCUT2D eigenvalue weighted by molar-refractivity contribution is -0.125. The zero-order valence-electron chi connectivity index (χ0n) is 12.2. The maximum atomic E-state index is 12.0. The van der Waals surface area contributed by atoms with Crippen LogP contribution in [-0.2, 0) is 16.0 Å². The molecule has 0 saturated carbocycles. The molecule has 6 heteroatoms. The van der Waals surface area contributed by atoms with Crippen LogP contribution in [0.3, 0.4) is 0 Å². The molecule has 1 atom stereocenters. The minimum atomic E-state index is -0.507. The molecule has 0 saturated heterocycles. The Kier molecular flexibility index (Phi) is 6.09. The van der Waals surface area contributed by atoms with E-state index >= 15 is 0 Å². The number of hydrogen-bond donors (Lipinski definition) is 1. The van der Waals surface area contributed by atoms with E-state index in [1.165, 1.54) is 18.7 Å². The highest BCUT2D eigenvalue weighted by molar-refractivity contribution is 7.99. The van der Waals surface area contributed by atoms with E-state index < -0.39 is 6.04 Å². The van der Waals surface area contributed by atoms with Gasteiger partial charge in [0.25, 0.3) is 0 Å². The lowest BCUT2D eigenvalue weighted by Crippen LogP contribution is -2.42. The number of ketones is 1. The minimum absolute atomic E-state index is 0.0573. The van der Waals surface area contributed by atoms with E-state index in [0.29, 0.717) is 11.6 Å². The number of carbonyl (C=O) groups is 2. The van der Waals surface area contributed by atoms with Crippen LogP contribution in [0.5, 0.6) is 0 Å². The van der Waals surface area contributed by atoms with Crippen molar-refractivity contribution in [1.29, 1.82) is 0 Å². The van der Waals surface area contributed by atoms with Gasteiger partial charge in [0.2, 0.25) is 5.91 Å². The Hall–Kier alpha value is -2.21. The van der Waals surface area contributed by atoms with Gasteiger partial charge in [0.15, 0.2) is 10.9 Å². The Morgan fingerprint density at radius 3 is 2.45 bits per heavy atom. The van der Waals surface area contributed by atoms with E-state index in [-0.39, 0.29) is 17.4 Å².